The lowest BCUT2D eigenvalue weighted by molar-refractivity contribution is 0.0590. The minimum Gasteiger partial charge on any atom is -0.490 e. The summed E-state index contributed by atoms with van der Waals surface area (Å²) in [6, 6.07) is 11.5. The fourth-order valence-electron chi connectivity index (χ4n) is 2.89. The lowest BCUT2D eigenvalue weighted by Gasteiger charge is -2.32. The van der Waals surface area contributed by atoms with Crippen LogP contribution in [0.1, 0.15) is 41.4 Å². The van der Waals surface area contributed by atoms with E-state index in [-0.39, 0.29) is 12.0 Å². The molecular formula is C20H23N3O2. The number of ether oxygens (including phenoxy) is 1. The maximum atomic E-state index is 12.6. The third-order valence-electron chi connectivity index (χ3n) is 4.47. The Hall–Kier alpha value is -2.69. The number of nitrogens with one attached hydrogen (secondary N) is 1. The van der Waals surface area contributed by atoms with Crippen LogP contribution in [0.5, 0.6) is 5.75 Å². The number of likely N-dealkylation sites (tertiary alicyclic amines) is 1. The van der Waals surface area contributed by atoms with E-state index in [2.05, 4.69) is 11.9 Å². The Morgan fingerprint density at radius 2 is 1.84 bits per heavy atom. The molecule has 25 heavy (non-hydrogen) atoms. The van der Waals surface area contributed by atoms with Crippen molar-refractivity contribution in [3.63, 3.8) is 0 Å². The first-order valence-electron chi connectivity index (χ1n) is 8.57. The molecule has 0 aliphatic carbocycles. The summed E-state index contributed by atoms with van der Waals surface area (Å²) in [5.41, 5.74) is 2.83. The van der Waals surface area contributed by atoms with Gasteiger partial charge in [-0.15, -0.1) is 0 Å². The molecular weight excluding hydrogens is 314 g/mol. The third kappa shape index (κ3) is 4.24. The Kier molecular flexibility index (Phi) is 5.12. The Morgan fingerprint density at radius 3 is 2.40 bits per heavy atom. The van der Waals surface area contributed by atoms with E-state index in [1.54, 1.807) is 25.3 Å². The van der Waals surface area contributed by atoms with Crippen LogP contribution in [-0.4, -0.2) is 40.7 Å². The molecule has 0 bridgehead atoms. The molecule has 0 radical (unpaired) electrons. The topological polar surface area (TPSA) is 66.3 Å². The van der Waals surface area contributed by atoms with Gasteiger partial charge in [0.25, 0.3) is 5.91 Å². The van der Waals surface area contributed by atoms with Crippen molar-refractivity contribution < 1.29 is 9.53 Å². The van der Waals surface area contributed by atoms with Crippen LogP contribution in [0.2, 0.25) is 0 Å². The van der Waals surface area contributed by atoms with Crippen LogP contribution in [0, 0.1) is 12.3 Å². The van der Waals surface area contributed by atoms with Gasteiger partial charge in [0.2, 0.25) is 0 Å². The van der Waals surface area contributed by atoms with Crippen LogP contribution in [0.15, 0.2) is 42.6 Å². The number of benzene rings is 1. The minimum absolute atomic E-state index is 0.0528. The summed E-state index contributed by atoms with van der Waals surface area (Å²) in [4.78, 5) is 18.6. The highest BCUT2D eigenvalue weighted by molar-refractivity contribution is 5.97. The van der Waals surface area contributed by atoms with E-state index >= 15 is 0 Å². The first-order chi connectivity index (χ1) is 12.0. The number of rotatable bonds is 4. The molecule has 1 aromatic heterocycles. The van der Waals surface area contributed by atoms with Crippen molar-refractivity contribution in [2.45, 2.75) is 32.8 Å². The van der Waals surface area contributed by atoms with Gasteiger partial charge in [-0.25, -0.2) is 0 Å². The molecule has 1 amide bonds. The molecule has 0 saturated carbocycles. The van der Waals surface area contributed by atoms with Crippen LogP contribution in [0.3, 0.4) is 0 Å². The van der Waals surface area contributed by atoms with E-state index in [1.165, 1.54) is 5.56 Å². The highest BCUT2D eigenvalue weighted by Gasteiger charge is 2.25. The number of nitrogens with zero attached hydrogens (tertiary/aromatic N) is 2. The largest absolute Gasteiger partial charge is 0.490 e. The van der Waals surface area contributed by atoms with Crippen molar-refractivity contribution in [1.82, 2.24) is 9.88 Å². The standard InChI is InChI=1S/C20H23N3O2/c1-14-3-6-17(7-4-14)25-18-9-11-23(12-10-18)20(24)19-8-5-16(13-22-19)15(2)21/h3-8,13,18,21H,9-12H2,1-2H3. The van der Waals surface area contributed by atoms with E-state index in [0.29, 0.717) is 24.5 Å². The number of hydrogen-bond acceptors (Lipinski definition) is 4. The molecule has 1 fully saturated rings. The fraction of sp³-hybridized carbons (Fsp3) is 0.350. The summed E-state index contributed by atoms with van der Waals surface area (Å²) < 4.78 is 6.01. The maximum absolute atomic E-state index is 12.6. The Labute approximate surface area is 148 Å². The first kappa shape index (κ1) is 17.1. The van der Waals surface area contributed by atoms with E-state index in [4.69, 9.17) is 10.1 Å². The van der Waals surface area contributed by atoms with Gasteiger partial charge in [-0.05, 0) is 38.1 Å². The average Bonchev–Trinajstić information content (AvgIpc) is 2.64. The molecule has 5 nitrogen and oxygen atoms in total. The fourth-order valence-corrected chi connectivity index (χ4v) is 2.89. The van der Waals surface area contributed by atoms with Crippen LogP contribution in [0.25, 0.3) is 0 Å². The van der Waals surface area contributed by atoms with Crippen LogP contribution < -0.4 is 4.74 Å². The van der Waals surface area contributed by atoms with Crippen molar-refractivity contribution >= 4 is 11.6 Å². The molecule has 0 atom stereocenters. The predicted molar refractivity (Wildman–Crippen MR) is 97.5 cm³/mol. The van der Waals surface area contributed by atoms with Crippen LogP contribution >= 0.6 is 0 Å². The van der Waals surface area contributed by atoms with Gasteiger partial charge in [0.1, 0.15) is 17.5 Å². The van der Waals surface area contributed by atoms with Gasteiger partial charge in [-0.1, -0.05) is 17.7 Å². The van der Waals surface area contributed by atoms with Crippen LogP contribution in [-0.2, 0) is 0 Å². The Morgan fingerprint density at radius 1 is 1.16 bits per heavy atom. The maximum Gasteiger partial charge on any atom is 0.272 e. The van der Waals surface area contributed by atoms with E-state index in [0.717, 1.165) is 24.2 Å². The van der Waals surface area contributed by atoms with Gasteiger partial charge in [-0.3, -0.25) is 9.78 Å². The molecule has 1 saturated heterocycles. The summed E-state index contributed by atoms with van der Waals surface area (Å²) in [6.45, 7) is 5.10. The second-order valence-electron chi connectivity index (χ2n) is 6.48. The zero-order valence-corrected chi connectivity index (χ0v) is 14.7. The summed E-state index contributed by atoms with van der Waals surface area (Å²) in [7, 11) is 0. The number of hydrogen-bond donors (Lipinski definition) is 1. The van der Waals surface area contributed by atoms with Gasteiger partial charge in [0, 0.05) is 43.4 Å². The molecule has 1 aliphatic heterocycles. The first-order valence-corrected chi connectivity index (χ1v) is 8.57. The van der Waals surface area contributed by atoms with Gasteiger partial charge in [0.05, 0.1) is 0 Å². The zero-order valence-electron chi connectivity index (χ0n) is 14.7. The molecule has 2 aromatic rings. The monoisotopic (exact) mass is 337 g/mol. The number of pyridine rings is 1. The summed E-state index contributed by atoms with van der Waals surface area (Å²) in [6.07, 6.45) is 3.36. The number of carbonyl (C=O) groups excluding carboxylic acids is 1. The second-order valence-corrected chi connectivity index (χ2v) is 6.48. The lowest BCUT2D eigenvalue weighted by Crippen LogP contribution is -2.42. The normalized spacial score (nSPS) is 15.0. The highest BCUT2D eigenvalue weighted by atomic mass is 16.5. The molecule has 0 spiro atoms. The second kappa shape index (κ2) is 7.47. The lowest BCUT2D eigenvalue weighted by atomic mass is 10.1. The number of aromatic nitrogens is 1. The summed E-state index contributed by atoms with van der Waals surface area (Å²) >= 11 is 0. The third-order valence-corrected chi connectivity index (χ3v) is 4.47. The molecule has 3 rings (SSSR count). The van der Waals surface area contributed by atoms with Gasteiger partial charge in [0.15, 0.2) is 0 Å². The van der Waals surface area contributed by atoms with Crippen molar-refractivity contribution in [2.24, 2.45) is 0 Å². The SMILES string of the molecule is CC(=N)c1ccc(C(=O)N2CCC(Oc3ccc(C)cc3)CC2)nc1. The molecule has 1 aliphatic rings. The smallest absolute Gasteiger partial charge is 0.272 e. The molecule has 1 aromatic carbocycles. The zero-order chi connectivity index (χ0) is 17.8. The van der Waals surface area contributed by atoms with E-state index < -0.39 is 0 Å². The quantitative estimate of drug-likeness (QED) is 0.869. The van der Waals surface area contributed by atoms with E-state index in [1.807, 2.05) is 29.2 Å². The highest BCUT2D eigenvalue weighted by Crippen LogP contribution is 2.20. The predicted octanol–water partition coefficient (Wildman–Crippen LogP) is 3.46. The van der Waals surface area contributed by atoms with Gasteiger partial charge in [-0.2, -0.15) is 0 Å². The molecule has 1 N–H and O–H groups in total. The number of aryl methyl sites for hydroxylation is 1. The van der Waals surface area contributed by atoms with Gasteiger partial charge >= 0.3 is 0 Å². The van der Waals surface area contributed by atoms with Crippen molar-refractivity contribution in [3.8, 4) is 5.75 Å². The molecule has 130 valence electrons. The minimum atomic E-state index is -0.0528. The summed E-state index contributed by atoms with van der Waals surface area (Å²) in [5.74, 6) is 0.831. The number of carbonyl (C=O) groups is 1. The van der Waals surface area contributed by atoms with E-state index in [9.17, 15) is 4.79 Å². The van der Waals surface area contributed by atoms with Crippen LogP contribution in [0.4, 0.5) is 0 Å². The molecule has 0 unspecified atom stereocenters. The molecule has 5 heteroatoms. The number of amides is 1. The van der Waals surface area contributed by atoms with Crippen molar-refractivity contribution in [3.05, 3.63) is 59.4 Å². The molecule has 2 heterocycles. The Bertz CT molecular complexity index is 746. The average molecular weight is 337 g/mol. The van der Waals surface area contributed by atoms with Crippen molar-refractivity contribution in [2.75, 3.05) is 13.1 Å². The number of piperidine rings is 1. The van der Waals surface area contributed by atoms with Gasteiger partial charge < -0.3 is 15.0 Å². The Balaban J connectivity index is 1.55. The summed E-state index contributed by atoms with van der Waals surface area (Å²) in [5, 5.41) is 7.59. The van der Waals surface area contributed by atoms with Crippen molar-refractivity contribution in [1.29, 1.82) is 5.41 Å².